The van der Waals surface area contributed by atoms with Crippen molar-refractivity contribution < 1.29 is 13.7 Å². The molecule has 0 radical (unpaired) electrons. The lowest BCUT2D eigenvalue weighted by Crippen LogP contribution is -2.35. The molecule has 3 unspecified atom stereocenters. The van der Waals surface area contributed by atoms with Gasteiger partial charge in [0.05, 0.1) is 11.4 Å². The molecule has 134 valence electrons. The van der Waals surface area contributed by atoms with Gasteiger partial charge in [0.15, 0.2) is 0 Å². The number of rotatable bonds is 7. The minimum Gasteiger partial charge on any atom is -0.446 e. The van der Waals surface area contributed by atoms with E-state index in [1.54, 1.807) is 0 Å². The number of carbonyl (C=O) groups is 1. The number of hydrogen-bond acceptors (Lipinski definition) is 4. The first kappa shape index (κ1) is 18.7. The quantitative estimate of drug-likeness (QED) is 0.658. The zero-order chi connectivity index (χ0) is 17.5. The van der Waals surface area contributed by atoms with Crippen molar-refractivity contribution in [2.24, 2.45) is 5.92 Å². The van der Waals surface area contributed by atoms with E-state index in [2.05, 4.69) is 15.4 Å². The number of alkyl carbamates (subject to hydrolysis) is 1. The fourth-order valence-electron chi connectivity index (χ4n) is 2.37. The molecular weight excluding hydrogens is 326 g/mol. The highest BCUT2D eigenvalue weighted by atomic mass is 32.2. The van der Waals surface area contributed by atoms with Crippen LogP contribution in [0.25, 0.3) is 0 Å². The second-order valence-electron chi connectivity index (χ2n) is 6.34. The van der Waals surface area contributed by atoms with E-state index in [0.717, 1.165) is 24.2 Å². The van der Waals surface area contributed by atoms with E-state index in [1.807, 2.05) is 45.0 Å². The Kier molecular flexibility index (Phi) is 7.05. The Morgan fingerprint density at radius 1 is 1.33 bits per heavy atom. The van der Waals surface area contributed by atoms with Crippen LogP contribution in [-0.2, 0) is 15.7 Å². The standard InChI is InChI=1S/C17H27N3O3S/c1-12(2)13(3)23-17(21)19-10-6-9-18-16-11-24(22)20-15-8-5-4-7-14(15)16/h4-5,7-8,12-13,16,18,20H,6,9-11H2,1-3H3,(H,19,21). The van der Waals surface area contributed by atoms with Crippen molar-refractivity contribution in [1.29, 1.82) is 0 Å². The summed E-state index contributed by atoms with van der Waals surface area (Å²) < 4.78 is 20.1. The van der Waals surface area contributed by atoms with Crippen LogP contribution in [0.15, 0.2) is 24.3 Å². The number of benzene rings is 1. The van der Waals surface area contributed by atoms with Crippen LogP contribution in [0.3, 0.4) is 0 Å². The van der Waals surface area contributed by atoms with Crippen LogP contribution in [-0.4, -0.2) is 35.2 Å². The number of hydrogen-bond donors (Lipinski definition) is 3. The molecule has 1 aliphatic rings. The van der Waals surface area contributed by atoms with Gasteiger partial charge >= 0.3 is 6.09 Å². The maximum Gasteiger partial charge on any atom is 0.407 e. The van der Waals surface area contributed by atoms with Crippen molar-refractivity contribution in [2.45, 2.75) is 39.3 Å². The monoisotopic (exact) mass is 353 g/mol. The van der Waals surface area contributed by atoms with Crippen molar-refractivity contribution >= 4 is 22.8 Å². The molecule has 0 spiro atoms. The lowest BCUT2D eigenvalue weighted by atomic mass is 10.1. The van der Waals surface area contributed by atoms with E-state index < -0.39 is 11.0 Å². The van der Waals surface area contributed by atoms with Crippen LogP contribution in [0.5, 0.6) is 0 Å². The van der Waals surface area contributed by atoms with Crippen LogP contribution in [0.4, 0.5) is 10.5 Å². The van der Waals surface area contributed by atoms with E-state index in [9.17, 15) is 9.00 Å². The predicted octanol–water partition coefficient (Wildman–Crippen LogP) is 2.57. The molecule has 0 aliphatic carbocycles. The zero-order valence-electron chi connectivity index (χ0n) is 14.5. The van der Waals surface area contributed by atoms with Crippen molar-refractivity contribution in [3.05, 3.63) is 29.8 Å². The second kappa shape index (κ2) is 9.03. The number of ether oxygens (including phenoxy) is 1. The number of anilines is 1. The highest BCUT2D eigenvalue weighted by Gasteiger charge is 2.23. The smallest absolute Gasteiger partial charge is 0.407 e. The number of para-hydroxylation sites is 1. The molecule has 6 nitrogen and oxygen atoms in total. The summed E-state index contributed by atoms with van der Waals surface area (Å²) >= 11 is 0. The first-order valence-corrected chi connectivity index (χ1v) is 9.71. The molecule has 2 rings (SSSR count). The fourth-order valence-corrected chi connectivity index (χ4v) is 3.48. The lowest BCUT2D eigenvalue weighted by Gasteiger charge is -2.26. The van der Waals surface area contributed by atoms with Gasteiger partial charge in [0.1, 0.15) is 17.1 Å². The third kappa shape index (κ3) is 5.49. The number of nitrogens with one attached hydrogen (secondary N) is 3. The predicted molar refractivity (Wildman–Crippen MR) is 97.2 cm³/mol. The highest BCUT2D eigenvalue weighted by Crippen LogP contribution is 2.28. The Hall–Kier alpha value is -1.60. The molecule has 3 atom stereocenters. The maximum absolute atomic E-state index is 11.9. The van der Waals surface area contributed by atoms with Crippen LogP contribution >= 0.6 is 0 Å². The van der Waals surface area contributed by atoms with Gasteiger partial charge in [-0.05, 0) is 37.4 Å². The SMILES string of the molecule is CC(C)C(C)OC(=O)NCCCNC1CS(=O)Nc2ccccc21. The molecule has 1 heterocycles. The molecule has 1 aromatic carbocycles. The summed E-state index contributed by atoms with van der Waals surface area (Å²) in [5, 5.41) is 6.18. The van der Waals surface area contributed by atoms with Crippen molar-refractivity contribution in [2.75, 3.05) is 23.6 Å². The Balaban J connectivity index is 1.70. The summed E-state index contributed by atoms with van der Waals surface area (Å²) in [6.45, 7) is 7.20. The van der Waals surface area contributed by atoms with Crippen molar-refractivity contribution in [1.82, 2.24) is 10.6 Å². The largest absolute Gasteiger partial charge is 0.446 e. The molecule has 3 N–H and O–H groups in total. The Morgan fingerprint density at radius 2 is 2.08 bits per heavy atom. The Labute approximate surface area is 146 Å². The summed E-state index contributed by atoms with van der Waals surface area (Å²) in [5.74, 6) is 0.844. The Bertz CT molecular complexity index is 580. The third-order valence-corrected chi connectivity index (χ3v) is 5.21. The molecule has 0 saturated carbocycles. The normalized spacial score (nSPS) is 20.8. The van der Waals surface area contributed by atoms with Crippen LogP contribution in [0.2, 0.25) is 0 Å². The lowest BCUT2D eigenvalue weighted by molar-refractivity contribution is 0.0822. The van der Waals surface area contributed by atoms with Gasteiger partial charge in [0.2, 0.25) is 0 Å². The van der Waals surface area contributed by atoms with E-state index in [4.69, 9.17) is 4.74 Å². The maximum atomic E-state index is 11.9. The van der Waals surface area contributed by atoms with E-state index in [0.29, 0.717) is 18.2 Å². The van der Waals surface area contributed by atoms with Crippen LogP contribution < -0.4 is 15.4 Å². The van der Waals surface area contributed by atoms with Gasteiger partial charge in [-0.25, -0.2) is 9.00 Å². The van der Waals surface area contributed by atoms with E-state index >= 15 is 0 Å². The van der Waals surface area contributed by atoms with Gasteiger partial charge < -0.3 is 20.1 Å². The minimum absolute atomic E-state index is 0.0659. The molecule has 1 amide bonds. The van der Waals surface area contributed by atoms with Gasteiger partial charge in [0, 0.05) is 12.6 Å². The molecule has 0 saturated heterocycles. The minimum atomic E-state index is -1.06. The molecule has 0 bridgehead atoms. The van der Waals surface area contributed by atoms with Crippen LogP contribution in [0, 0.1) is 5.92 Å². The summed E-state index contributed by atoms with van der Waals surface area (Å²) in [7, 11) is -1.06. The first-order chi connectivity index (χ1) is 11.5. The van der Waals surface area contributed by atoms with Gasteiger partial charge in [-0.3, -0.25) is 0 Å². The molecular formula is C17H27N3O3S. The number of carbonyl (C=O) groups excluding carboxylic acids is 1. The number of fused-ring (bicyclic) bond motifs is 1. The summed E-state index contributed by atoms with van der Waals surface area (Å²) in [6.07, 6.45) is 0.318. The van der Waals surface area contributed by atoms with Gasteiger partial charge in [0.25, 0.3) is 0 Å². The first-order valence-electron chi connectivity index (χ1n) is 8.39. The summed E-state index contributed by atoms with van der Waals surface area (Å²) in [4.78, 5) is 11.6. The summed E-state index contributed by atoms with van der Waals surface area (Å²) in [5.41, 5.74) is 2.05. The average Bonchev–Trinajstić information content (AvgIpc) is 2.54. The van der Waals surface area contributed by atoms with Gasteiger partial charge in [-0.2, -0.15) is 0 Å². The van der Waals surface area contributed by atoms with Gasteiger partial charge in [-0.15, -0.1) is 0 Å². The van der Waals surface area contributed by atoms with E-state index in [-0.39, 0.29) is 18.2 Å². The third-order valence-electron chi connectivity index (χ3n) is 4.12. The van der Waals surface area contributed by atoms with Crippen molar-refractivity contribution in [3.63, 3.8) is 0 Å². The molecule has 7 heteroatoms. The second-order valence-corrected chi connectivity index (χ2v) is 7.57. The Morgan fingerprint density at radius 3 is 2.83 bits per heavy atom. The summed E-state index contributed by atoms with van der Waals surface area (Å²) in [6, 6.07) is 7.96. The van der Waals surface area contributed by atoms with Crippen LogP contribution in [0.1, 0.15) is 38.8 Å². The topological polar surface area (TPSA) is 79.5 Å². The fraction of sp³-hybridized carbons (Fsp3) is 0.588. The number of amides is 1. The molecule has 0 aromatic heterocycles. The highest BCUT2D eigenvalue weighted by molar-refractivity contribution is 7.86. The molecule has 24 heavy (non-hydrogen) atoms. The zero-order valence-corrected chi connectivity index (χ0v) is 15.3. The van der Waals surface area contributed by atoms with Crippen molar-refractivity contribution in [3.8, 4) is 0 Å². The van der Waals surface area contributed by atoms with Gasteiger partial charge in [-0.1, -0.05) is 32.0 Å². The molecule has 1 aliphatic heterocycles. The molecule has 0 fully saturated rings. The molecule has 1 aromatic rings. The average molecular weight is 353 g/mol. The van der Waals surface area contributed by atoms with E-state index in [1.165, 1.54) is 0 Å².